The molecule has 3 rings (SSSR count). The number of nitrogens with zero attached hydrogens (tertiary/aromatic N) is 1. The number of ether oxygens (including phenoxy) is 1. The van der Waals surface area contributed by atoms with E-state index in [0.29, 0.717) is 10.9 Å². The van der Waals surface area contributed by atoms with Gasteiger partial charge in [-0.2, -0.15) is 13.2 Å². The SMILES string of the molecule is CC(=O)N(C(=O)c1ccc2ccccc2c1)C(CC(=O)OCc1ccccc1)C(F)(F)F. The number of amides is 2. The van der Waals surface area contributed by atoms with E-state index in [4.69, 9.17) is 4.74 Å². The van der Waals surface area contributed by atoms with Crippen molar-refractivity contribution in [1.82, 2.24) is 4.90 Å². The van der Waals surface area contributed by atoms with Crippen molar-refractivity contribution < 1.29 is 32.3 Å². The molecule has 2 amide bonds. The third-order valence-electron chi connectivity index (χ3n) is 4.85. The van der Waals surface area contributed by atoms with E-state index < -0.39 is 36.4 Å². The minimum absolute atomic E-state index is 0.0773. The zero-order chi connectivity index (χ0) is 23.3. The summed E-state index contributed by atoms with van der Waals surface area (Å²) in [7, 11) is 0. The highest BCUT2D eigenvalue weighted by Gasteiger charge is 2.48. The molecule has 5 nitrogen and oxygen atoms in total. The topological polar surface area (TPSA) is 63.7 Å². The van der Waals surface area contributed by atoms with Gasteiger partial charge in [-0.25, -0.2) is 0 Å². The number of carbonyl (C=O) groups is 3. The lowest BCUT2D eigenvalue weighted by atomic mass is 10.0. The number of imide groups is 1. The Kier molecular flexibility index (Phi) is 6.92. The monoisotopic (exact) mass is 443 g/mol. The largest absolute Gasteiger partial charge is 0.461 e. The zero-order valence-electron chi connectivity index (χ0n) is 17.1. The number of alkyl halides is 3. The van der Waals surface area contributed by atoms with Crippen molar-refractivity contribution in [3.8, 4) is 0 Å². The summed E-state index contributed by atoms with van der Waals surface area (Å²) in [6.45, 7) is 0.635. The Morgan fingerprint density at radius 1 is 0.906 bits per heavy atom. The highest BCUT2D eigenvalue weighted by molar-refractivity contribution is 6.06. The molecule has 3 aromatic carbocycles. The number of fused-ring (bicyclic) bond motifs is 1. The van der Waals surface area contributed by atoms with Crippen LogP contribution in [0.4, 0.5) is 13.2 Å². The summed E-state index contributed by atoms with van der Waals surface area (Å²) in [4.78, 5) is 37.3. The molecule has 0 saturated carbocycles. The van der Waals surface area contributed by atoms with E-state index in [0.717, 1.165) is 12.3 Å². The van der Waals surface area contributed by atoms with Gasteiger partial charge < -0.3 is 4.74 Å². The number of hydrogen-bond acceptors (Lipinski definition) is 4. The van der Waals surface area contributed by atoms with E-state index in [1.165, 1.54) is 12.1 Å². The van der Waals surface area contributed by atoms with Gasteiger partial charge in [-0.15, -0.1) is 0 Å². The predicted molar refractivity (Wildman–Crippen MR) is 111 cm³/mol. The van der Waals surface area contributed by atoms with Crippen LogP contribution in [-0.2, 0) is 20.9 Å². The van der Waals surface area contributed by atoms with Gasteiger partial charge in [0.05, 0.1) is 6.42 Å². The van der Waals surface area contributed by atoms with Crippen LogP contribution in [0.5, 0.6) is 0 Å². The van der Waals surface area contributed by atoms with E-state index in [1.54, 1.807) is 60.7 Å². The van der Waals surface area contributed by atoms with Gasteiger partial charge in [0, 0.05) is 12.5 Å². The van der Waals surface area contributed by atoms with Gasteiger partial charge in [-0.1, -0.05) is 60.7 Å². The zero-order valence-corrected chi connectivity index (χ0v) is 17.1. The fourth-order valence-corrected chi connectivity index (χ4v) is 3.27. The van der Waals surface area contributed by atoms with Crippen molar-refractivity contribution in [2.45, 2.75) is 32.2 Å². The van der Waals surface area contributed by atoms with Crippen molar-refractivity contribution in [1.29, 1.82) is 0 Å². The molecule has 0 spiro atoms. The Morgan fingerprint density at radius 3 is 2.16 bits per heavy atom. The van der Waals surface area contributed by atoms with E-state index in [2.05, 4.69) is 0 Å². The molecule has 8 heteroatoms. The van der Waals surface area contributed by atoms with Crippen molar-refractivity contribution in [2.24, 2.45) is 0 Å². The van der Waals surface area contributed by atoms with Crippen molar-refractivity contribution in [3.05, 3.63) is 83.9 Å². The van der Waals surface area contributed by atoms with Gasteiger partial charge in [-0.3, -0.25) is 19.3 Å². The van der Waals surface area contributed by atoms with Crippen molar-refractivity contribution in [2.75, 3.05) is 0 Å². The summed E-state index contributed by atoms with van der Waals surface area (Å²) >= 11 is 0. The highest BCUT2D eigenvalue weighted by atomic mass is 19.4. The molecule has 0 fully saturated rings. The maximum Gasteiger partial charge on any atom is 0.409 e. The molecule has 1 unspecified atom stereocenters. The lowest BCUT2D eigenvalue weighted by Gasteiger charge is -2.30. The van der Waals surface area contributed by atoms with E-state index in [1.807, 2.05) is 0 Å². The normalized spacial score (nSPS) is 12.2. The Balaban J connectivity index is 1.84. The van der Waals surface area contributed by atoms with E-state index >= 15 is 0 Å². The van der Waals surface area contributed by atoms with Crippen molar-refractivity contribution >= 4 is 28.6 Å². The molecule has 0 N–H and O–H groups in total. The van der Waals surface area contributed by atoms with Crippen LogP contribution < -0.4 is 0 Å². The average molecular weight is 443 g/mol. The fraction of sp³-hybridized carbons (Fsp3) is 0.208. The predicted octanol–water partition coefficient (Wildman–Crippen LogP) is 4.89. The first kappa shape index (κ1) is 23.0. The second-order valence-electron chi connectivity index (χ2n) is 7.16. The summed E-state index contributed by atoms with van der Waals surface area (Å²) in [5.74, 6) is -3.43. The van der Waals surface area contributed by atoms with Crippen LogP contribution in [-0.4, -0.2) is 34.9 Å². The van der Waals surface area contributed by atoms with Crippen LogP contribution in [0.25, 0.3) is 10.8 Å². The molecule has 166 valence electrons. The Morgan fingerprint density at radius 2 is 1.53 bits per heavy atom. The molecule has 0 radical (unpaired) electrons. The van der Waals surface area contributed by atoms with Crippen molar-refractivity contribution in [3.63, 3.8) is 0 Å². The number of esters is 1. The quantitative estimate of drug-likeness (QED) is 0.509. The Bertz CT molecular complexity index is 1130. The minimum Gasteiger partial charge on any atom is -0.461 e. The van der Waals surface area contributed by atoms with Crippen LogP contribution in [0.2, 0.25) is 0 Å². The van der Waals surface area contributed by atoms with E-state index in [9.17, 15) is 27.6 Å². The maximum atomic E-state index is 13.8. The molecular formula is C24H20F3NO4. The Labute approximate surface area is 182 Å². The summed E-state index contributed by atoms with van der Waals surface area (Å²) < 4.78 is 46.4. The molecule has 0 aromatic heterocycles. The first-order valence-corrected chi connectivity index (χ1v) is 9.76. The lowest BCUT2D eigenvalue weighted by Crippen LogP contribution is -2.52. The number of benzene rings is 3. The fourth-order valence-electron chi connectivity index (χ4n) is 3.27. The van der Waals surface area contributed by atoms with Crippen LogP contribution in [0.1, 0.15) is 29.3 Å². The van der Waals surface area contributed by atoms with Crippen LogP contribution in [0.3, 0.4) is 0 Å². The summed E-state index contributed by atoms with van der Waals surface area (Å²) in [5, 5.41) is 1.42. The maximum absolute atomic E-state index is 13.8. The molecule has 0 aliphatic rings. The second kappa shape index (κ2) is 9.64. The van der Waals surface area contributed by atoms with Crippen LogP contribution >= 0.6 is 0 Å². The smallest absolute Gasteiger partial charge is 0.409 e. The van der Waals surface area contributed by atoms with Gasteiger partial charge >= 0.3 is 12.1 Å². The third kappa shape index (κ3) is 5.51. The summed E-state index contributed by atoms with van der Waals surface area (Å²) in [6, 6.07) is 17.1. The standard InChI is InChI=1S/C24H20F3NO4/c1-16(29)28(23(31)20-12-11-18-9-5-6-10-19(18)13-20)21(24(25,26)27)14-22(30)32-15-17-7-3-2-4-8-17/h2-13,21H,14-15H2,1H3. The molecule has 0 saturated heterocycles. The molecule has 0 aliphatic carbocycles. The number of halogens is 3. The molecular weight excluding hydrogens is 423 g/mol. The van der Waals surface area contributed by atoms with Gasteiger partial charge in [0.15, 0.2) is 0 Å². The Hall–Kier alpha value is -3.68. The highest BCUT2D eigenvalue weighted by Crippen LogP contribution is 2.30. The third-order valence-corrected chi connectivity index (χ3v) is 4.85. The van der Waals surface area contributed by atoms with Crippen LogP contribution in [0.15, 0.2) is 72.8 Å². The summed E-state index contributed by atoms with van der Waals surface area (Å²) in [6.07, 6.45) is -6.22. The van der Waals surface area contributed by atoms with Gasteiger partial charge in [0.25, 0.3) is 5.91 Å². The van der Waals surface area contributed by atoms with Gasteiger partial charge in [0.2, 0.25) is 5.91 Å². The molecule has 32 heavy (non-hydrogen) atoms. The van der Waals surface area contributed by atoms with Gasteiger partial charge in [-0.05, 0) is 28.5 Å². The molecule has 3 aromatic rings. The molecule has 0 bridgehead atoms. The lowest BCUT2D eigenvalue weighted by molar-refractivity contribution is -0.189. The average Bonchev–Trinajstić information content (AvgIpc) is 2.76. The summed E-state index contributed by atoms with van der Waals surface area (Å²) in [5.41, 5.74) is 0.505. The first-order valence-electron chi connectivity index (χ1n) is 9.76. The molecule has 1 atom stereocenters. The van der Waals surface area contributed by atoms with E-state index in [-0.39, 0.29) is 17.1 Å². The minimum atomic E-state index is -5.02. The number of rotatable bonds is 6. The second-order valence-corrected chi connectivity index (χ2v) is 7.16. The van der Waals surface area contributed by atoms with Crippen LogP contribution in [0, 0.1) is 0 Å². The number of carbonyl (C=O) groups excluding carboxylic acids is 3. The molecule has 0 aliphatic heterocycles. The molecule has 0 heterocycles. The first-order chi connectivity index (χ1) is 15.2. The number of hydrogen-bond donors (Lipinski definition) is 0. The van der Waals surface area contributed by atoms with Gasteiger partial charge in [0.1, 0.15) is 12.6 Å².